The number of rotatable bonds is 9. The third kappa shape index (κ3) is 6.82. The lowest BCUT2D eigenvalue weighted by atomic mass is 10.1. The SMILES string of the molecule is C=CCN(CC=C)c1cc(Cl)nc(SCc2cccc(C(=O)N3CCN(C(C)=O)CC3)c2)n1. The summed E-state index contributed by atoms with van der Waals surface area (Å²) in [5.74, 6) is 1.34. The van der Waals surface area contributed by atoms with E-state index in [0.717, 1.165) is 5.56 Å². The Labute approximate surface area is 204 Å². The summed E-state index contributed by atoms with van der Waals surface area (Å²) in [4.78, 5) is 39.0. The van der Waals surface area contributed by atoms with Crippen molar-refractivity contribution in [1.29, 1.82) is 0 Å². The zero-order valence-corrected chi connectivity index (χ0v) is 20.3. The first-order chi connectivity index (χ1) is 15.9. The van der Waals surface area contributed by atoms with E-state index in [1.54, 1.807) is 34.9 Å². The van der Waals surface area contributed by atoms with Gasteiger partial charge < -0.3 is 14.7 Å². The second-order valence-electron chi connectivity index (χ2n) is 7.60. The van der Waals surface area contributed by atoms with E-state index in [9.17, 15) is 9.59 Å². The van der Waals surface area contributed by atoms with Gasteiger partial charge in [0.15, 0.2) is 5.16 Å². The monoisotopic (exact) mass is 485 g/mol. The van der Waals surface area contributed by atoms with E-state index in [4.69, 9.17) is 11.6 Å². The lowest BCUT2D eigenvalue weighted by Crippen LogP contribution is -2.50. The van der Waals surface area contributed by atoms with E-state index in [-0.39, 0.29) is 11.8 Å². The quantitative estimate of drug-likeness (QED) is 0.232. The number of aromatic nitrogens is 2. The van der Waals surface area contributed by atoms with Crippen LogP contribution in [-0.4, -0.2) is 70.9 Å². The van der Waals surface area contributed by atoms with Crippen LogP contribution in [0.4, 0.5) is 5.82 Å². The van der Waals surface area contributed by atoms with Gasteiger partial charge in [0.05, 0.1) is 0 Å². The van der Waals surface area contributed by atoms with Gasteiger partial charge in [0, 0.05) is 63.6 Å². The zero-order chi connectivity index (χ0) is 23.8. The molecule has 7 nitrogen and oxygen atoms in total. The second kappa shape index (κ2) is 11.9. The van der Waals surface area contributed by atoms with Gasteiger partial charge in [0.1, 0.15) is 11.0 Å². The maximum Gasteiger partial charge on any atom is 0.253 e. The van der Waals surface area contributed by atoms with Gasteiger partial charge in [0.2, 0.25) is 5.91 Å². The molecule has 2 amide bonds. The van der Waals surface area contributed by atoms with Crippen LogP contribution in [0.25, 0.3) is 0 Å². The third-order valence-electron chi connectivity index (χ3n) is 5.24. The van der Waals surface area contributed by atoms with Gasteiger partial charge in [-0.15, -0.1) is 13.2 Å². The van der Waals surface area contributed by atoms with E-state index in [2.05, 4.69) is 23.1 Å². The van der Waals surface area contributed by atoms with Gasteiger partial charge in [-0.25, -0.2) is 9.97 Å². The van der Waals surface area contributed by atoms with Crippen molar-refractivity contribution >= 4 is 41.0 Å². The molecule has 3 rings (SSSR count). The minimum Gasteiger partial charge on any atom is -0.349 e. The average molecular weight is 486 g/mol. The topological polar surface area (TPSA) is 69.6 Å². The number of thioether (sulfide) groups is 1. The van der Waals surface area contributed by atoms with Crippen molar-refractivity contribution in [2.75, 3.05) is 44.2 Å². The third-order valence-corrected chi connectivity index (χ3v) is 6.35. The number of halogens is 1. The average Bonchev–Trinajstić information content (AvgIpc) is 2.82. The van der Waals surface area contributed by atoms with E-state index in [1.165, 1.54) is 11.8 Å². The summed E-state index contributed by atoms with van der Waals surface area (Å²) in [6.07, 6.45) is 3.60. The summed E-state index contributed by atoms with van der Waals surface area (Å²) >= 11 is 7.70. The fourth-order valence-corrected chi connectivity index (χ4v) is 4.56. The summed E-state index contributed by atoms with van der Waals surface area (Å²) in [5, 5.41) is 0.932. The first kappa shape index (κ1) is 24.8. The highest BCUT2D eigenvalue weighted by atomic mass is 35.5. The van der Waals surface area contributed by atoms with Crippen LogP contribution in [0.15, 0.2) is 60.8 Å². The summed E-state index contributed by atoms with van der Waals surface area (Å²) in [7, 11) is 0. The maximum atomic E-state index is 12.9. The molecule has 33 heavy (non-hydrogen) atoms. The summed E-state index contributed by atoms with van der Waals surface area (Å²) in [6.45, 7) is 12.6. The van der Waals surface area contributed by atoms with Crippen LogP contribution in [0.5, 0.6) is 0 Å². The molecule has 0 atom stereocenters. The van der Waals surface area contributed by atoms with Gasteiger partial charge in [-0.05, 0) is 17.7 Å². The molecule has 2 aromatic rings. The minimum atomic E-state index is -0.0177. The number of amides is 2. The minimum absolute atomic E-state index is 0.0177. The Balaban J connectivity index is 1.66. The Morgan fingerprint density at radius 3 is 2.39 bits per heavy atom. The first-order valence-corrected chi connectivity index (χ1v) is 12.1. The molecule has 0 saturated carbocycles. The van der Waals surface area contributed by atoms with Crippen LogP contribution in [0.3, 0.4) is 0 Å². The number of benzene rings is 1. The lowest BCUT2D eigenvalue weighted by molar-refractivity contribution is -0.130. The van der Waals surface area contributed by atoms with Crippen LogP contribution in [0, 0.1) is 0 Å². The van der Waals surface area contributed by atoms with Crippen LogP contribution in [0.2, 0.25) is 5.15 Å². The molecule has 0 aliphatic carbocycles. The van der Waals surface area contributed by atoms with Crippen LogP contribution >= 0.6 is 23.4 Å². The van der Waals surface area contributed by atoms with E-state index < -0.39 is 0 Å². The maximum absolute atomic E-state index is 12.9. The van der Waals surface area contributed by atoms with Gasteiger partial charge >= 0.3 is 0 Å². The summed E-state index contributed by atoms with van der Waals surface area (Å²) in [5.41, 5.74) is 1.63. The molecular weight excluding hydrogens is 458 g/mol. The van der Waals surface area contributed by atoms with Crippen molar-refractivity contribution in [2.45, 2.75) is 17.8 Å². The Morgan fingerprint density at radius 1 is 1.09 bits per heavy atom. The van der Waals surface area contributed by atoms with Crippen LogP contribution in [-0.2, 0) is 10.5 Å². The molecule has 9 heteroatoms. The standard InChI is InChI=1S/C24H28ClN5O2S/c1-4-9-29(10-5-2)22-16-21(25)26-24(27-22)33-17-19-7-6-8-20(15-19)23(32)30-13-11-28(12-14-30)18(3)31/h4-8,15-16H,1-2,9-14,17H2,3H3. The molecule has 0 N–H and O–H groups in total. The summed E-state index contributed by atoms with van der Waals surface area (Å²) < 4.78 is 0. The molecule has 0 radical (unpaired) electrons. The van der Waals surface area contributed by atoms with Gasteiger partial charge in [-0.1, -0.05) is 47.6 Å². The Hall–Kier alpha value is -2.84. The number of hydrogen-bond acceptors (Lipinski definition) is 6. The highest BCUT2D eigenvalue weighted by Gasteiger charge is 2.23. The number of piperazine rings is 1. The molecule has 1 aliphatic heterocycles. The summed E-state index contributed by atoms with van der Waals surface area (Å²) in [6, 6.07) is 9.31. The zero-order valence-electron chi connectivity index (χ0n) is 18.7. The number of hydrogen-bond donors (Lipinski definition) is 0. The fraction of sp³-hybridized carbons (Fsp3) is 0.333. The first-order valence-electron chi connectivity index (χ1n) is 10.7. The molecule has 1 saturated heterocycles. The Kier molecular flexibility index (Phi) is 8.91. The molecule has 0 unspecified atom stereocenters. The highest BCUT2D eigenvalue weighted by molar-refractivity contribution is 7.98. The van der Waals surface area contributed by atoms with E-state index in [1.807, 2.05) is 29.2 Å². The molecule has 1 fully saturated rings. The van der Waals surface area contributed by atoms with Crippen LogP contribution in [0.1, 0.15) is 22.8 Å². The molecule has 1 aromatic carbocycles. The van der Waals surface area contributed by atoms with Gasteiger partial charge in [-0.2, -0.15) is 0 Å². The fourth-order valence-electron chi connectivity index (χ4n) is 3.53. The number of carbonyl (C=O) groups is 2. The molecule has 1 aliphatic rings. The molecule has 1 aromatic heterocycles. The van der Waals surface area contributed by atoms with Gasteiger partial charge in [0.25, 0.3) is 5.91 Å². The van der Waals surface area contributed by atoms with Crippen molar-refractivity contribution in [2.24, 2.45) is 0 Å². The largest absolute Gasteiger partial charge is 0.349 e. The predicted molar refractivity (Wildman–Crippen MR) is 134 cm³/mol. The molecular formula is C24H28ClN5O2S. The Bertz CT molecular complexity index is 1010. The van der Waals surface area contributed by atoms with E-state index in [0.29, 0.717) is 66.7 Å². The van der Waals surface area contributed by atoms with Crippen molar-refractivity contribution in [3.05, 3.63) is 71.9 Å². The smallest absolute Gasteiger partial charge is 0.253 e. The van der Waals surface area contributed by atoms with Crippen molar-refractivity contribution in [3.63, 3.8) is 0 Å². The lowest BCUT2D eigenvalue weighted by Gasteiger charge is -2.34. The molecule has 0 spiro atoms. The molecule has 174 valence electrons. The van der Waals surface area contributed by atoms with Gasteiger partial charge in [-0.3, -0.25) is 9.59 Å². The Morgan fingerprint density at radius 2 is 1.76 bits per heavy atom. The second-order valence-corrected chi connectivity index (χ2v) is 8.93. The predicted octanol–water partition coefficient (Wildman–Crippen LogP) is 3.91. The normalized spacial score (nSPS) is 13.5. The molecule has 0 bridgehead atoms. The van der Waals surface area contributed by atoms with Crippen molar-refractivity contribution in [1.82, 2.24) is 19.8 Å². The molecule has 2 heterocycles. The number of nitrogens with zero attached hydrogens (tertiary/aromatic N) is 5. The van der Waals surface area contributed by atoms with E-state index >= 15 is 0 Å². The number of carbonyl (C=O) groups excluding carboxylic acids is 2. The van der Waals surface area contributed by atoms with Crippen LogP contribution < -0.4 is 4.90 Å². The van der Waals surface area contributed by atoms with Crippen molar-refractivity contribution in [3.8, 4) is 0 Å². The highest BCUT2D eigenvalue weighted by Crippen LogP contribution is 2.25. The van der Waals surface area contributed by atoms with Crippen molar-refractivity contribution < 1.29 is 9.59 Å². The number of anilines is 1.